The molecule has 0 aliphatic rings. The van der Waals surface area contributed by atoms with Crippen LogP contribution < -0.4 is 4.74 Å². The number of aliphatic hydroxyl groups is 2. The van der Waals surface area contributed by atoms with Crippen LogP contribution in [0.2, 0.25) is 0 Å². The lowest BCUT2D eigenvalue weighted by Crippen LogP contribution is -2.22. The molecule has 1 aromatic rings. The highest BCUT2D eigenvalue weighted by Gasteiger charge is 2.23. The van der Waals surface area contributed by atoms with Crippen molar-refractivity contribution in [3.63, 3.8) is 0 Å². The lowest BCUT2D eigenvalue weighted by Gasteiger charge is -2.25. The maximum absolute atomic E-state index is 10.4. The number of ether oxygens (including phenoxy) is 1. The highest BCUT2D eigenvalue weighted by atomic mass is 16.5. The molecule has 0 aromatic heterocycles. The minimum atomic E-state index is -0.898. The molecule has 0 fully saturated rings. The third kappa shape index (κ3) is 3.20. The molecule has 3 nitrogen and oxygen atoms in total. The molecular formula is C14H22O3. The molecule has 0 saturated carbocycles. The van der Waals surface area contributed by atoms with Crippen molar-refractivity contribution in [3.8, 4) is 5.75 Å². The lowest BCUT2D eigenvalue weighted by atomic mass is 9.88. The first-order valence-electron chi connectivity index (χ1n) is 5.91. The maximum atomic E-state index is 10.4. The minimum absolute atomic E-state index is 0.101. The van der Waals surface area contributed by atoms with Gasteiger partial charge in [0.05, 0.1) is 12.7 Å². The van der Waals surface area contributed by atoms with E-state index in [-0.39, 0.29) is 6.61 Å². The summed E-state index contributed by atoms with van der Waals surface area (Å²) in [5.41, 5.74) is 2.02. The van der Waals surface area contributed by atoms with E-state index in [4.69, 9.17) is 9.84 Å². The Morgan fingerprint density at radius 2 is 1.76 bits per heavy atom. The van der Waals surface area contributed by atoms with Crippen molar-refractivity contribution in [1.82, 2.24) is 0 Å². The molecule has 2 N–H and O–H groups in total. The number of methoxy groups -OCH3 is 1. The fraction of sp³-hybridized carbons (Fsp3) is 0.571. The van der Waals surface area contributed by atoms with Crippen LogP contribution in [0.5, 0.6) is 5.75 Å². The van der Waals surface area contributed by atoms with Gasteiger partial charge in [-0.1, -0.05) is 0 Å². The Hall–Kier alpha value is -1.06. The second-order valence-electron chi connectivity index (χ2n) is 4.74. The van der Waals surface area contributed by atoms with Crippen LogP contribution in [0.25, 0.3) is 0 Å². The van der Waals surface area contributed by atoms with E-state index < -0.39 is 5.60 Å². The van der Waals surface area contributed by atoms with Crippen molar-refractivity contribution in [1.29, 1.82) is 0 Å². The summed E-state index contributed by atoms with van der Waals surface area (Å²) < 4.78 is 5.30. The van der Waals surface area contributed by atoms with Crippen molar-refractivity contribution in [2.45, 2.75) is 39.2 Å². The summed E-state index contributed by atoms with van der Waals surface area (Å²) in [6, 6.07) is 3.90. The SMILES string of the molecule is COc1c(C)cc(C(C)(O)CCCO)cc1C. The van der Waals surface area contributed by atoms with Crippen LogP contribution in [0.4, 0.5) is 0 Å². The number of benzene rings is 1. The van der Waals surface area contributed by atoms with Crippen molar-refractivity contribution in [2.75, 3.05) is 13.7 Å². The monoisotopic (exact) mass is 238 g/mol. The summed E-state index contributed by atoms with van der Waals surface area (Å²) in [6.07, 6.45) is 1.14. The van der Waals surface area contributed by atoms with Gasteiger partial charge in [-0.15, -0.1) is 0 Å². The van der Waals surface area contributed by atoms with E-state index in [1.165, 1.54) is 0 Å². The summed E-state index contributed by atoms with van der Waals surface area (Å²) in [5, 5.41) is 19.2. The smallest absolute Gasteiger partial charge is 0.124 e. The lowest BCUT2D eigenvalue weighted by molar-refractivity contribution is 0.0402. The predicted molar refractivity (Wildman–Crippen MR) is 68.4 cm³/mol. The zero-order valence-electron chi connectivity index (χ0n) is 11.1. The molecule has 0 heterocycles. The molecule has 0 bridgehead atoms. The van der Waals surface area contributed by atoms with Crippen molar-refractivity contribution in [3.05, 3.63) is 28.8 Å². The van der Waals surface area contributed by atoms with Gasteiger partial charge >= 0.3 is 0 Å². The molecular weight excluding hydrogens is 216 g/mol. The van der Waals surface area contributed by atoms with Gasteiger partial charge in [-0.05, 0) is 62.4 Å². The summed E-state index contributed by atoms with van der Waals surface area (Å²) in [7, 11) is 1.65. The standard InChI is InChI=1S/C14H22O3/c1-10-8-12(9-11(2)13(10)17-4)14(3,16)6-5-7-15/h8-9,15-16H,5-7H2,1-4H3. The third-order valence-corrected chi connectivity index (χ3v) is 3.11. The highest BCUT2D eigenvalue weighted by Crippen LogP contribution is 2.32. The second-order valence-corrected chi connectivity index (χ2v) is 4.74. The van der Waals surface area contributed by atoms with Crippen LogP contribution in [0.1, 0.15) is 36.5 Å². The van der Waals surface area contributed by atoms with Gasteiger partial charge in [0, 0.05) is 6.61 Å². The summed E-state index contributed by atoms with van der Waals surface area (Å²) in [5.74, 6) is 0.867. The highest BCUT2D eigenvalue weighted by molar-refractivity contribution is 5.44. The average Bonchev–Trinajstić information content (AvgIpc) is 2.26. The molecule has 1 rings (SSSR count). The molecule has 0 radical (unpaired) electrons. The molecule has 0 aliphatic heterocycles. The normalized spacial score (nSPS) is 14.5. The van der Waals surface area contributed by atoms with Gasteiger partial charge in [-0.25, -0.2) is 0 Å². The van der Waals surface area contributed by atoms with Crippen molar-refractivity contribution >= 4 is 0 Å². The van der Waals surface area contributed by atoms with E-state index in [0.29, 0.717) is 12.8 Å². The van der Waals surface area contributed by atoms with E-state index in [1.54, 1.807) is 14.0 Å². The molecule has 1 unspecified atom stereocenters. The number of rotatable bonds is 5. The Kier molecular flexibility index (Phi) is 4.54. The molecule has 0 aliphatic carbocycles. The van der Waals surface area contributed by atoms with Crippen molar-refractivity contribution < 1.29 is 14.9 Å². The fourth-order valence-corrected chi connectivity index (χ4v) is 2.15. The van der Waals surface area contributed by atoms with Crippen LogP contribution >= 0.6 is 0 Å². The van der Waals surface area contributed by atoms with Gasteiger partial charge in [-0.3, -0.25) is 0 Å². The van der Waals surface area contributed by atoms with E-state index in [2.05, 4.69) is 0 Å². The van der Waals surface area contributed by atoms with Gasteiger partial charge in [0.25, 0.3) is 0 Å². The Labute approximate surface area is 103 Å². The molecule has 3 heteroatoms. The van der Waals surface area contributed by atoms with Crippen LogP contribution in [0, 0.1) is 13.8 Å². The Morgan fingerprint density at radius 3 is 2.18 bits per heavy atom. The quantitative estimate of drug-likeness (QED) is 0.827. The molecule has 0 spiro atoms. The number of aryl methyl sites for hydroxylation is 2. The molecule has 0 saturated heterocycles. The fourth-order valence-electron chi connectivity index (χ4n) is 2.15. The molecule has 1 aromatic carbocycles. The summed E-state index contributed by atoms with van der Waals surface area (Å²) in [6.45, 7) is 5.82. The van der Waals surface area contributed by atoms with Crippen LogP contribution in [-0.4, -0.2) is 23.9 Å². The number of hydrogen-bond donors (Lipinski definition) is 2. The largest absolute Gasteiger partial charge is 0.496 e. The van der Waals surface area contributed by atoms with E-state index >= 15 is 0 Å². The Bertz CT molecular complexity index is 360. The average molecular weight is 238 g/mol. The zero-order chi connectivity index (χ0) is 13.1. The van der Waals surface area contributed by atoms with Crippen LogP contribution in [0.15, 0.2) is 12.1 Å². The van der Waals surface area contributed by atoms with Gasteiger partial charge in [0.2, 0.25) is 0 Å². The van der Waals surface area contributed by atoms with Gasteiger partial charge < -0.3 is 14.9 Å². The second kappa shape index (κ2) is 5.52. The summed E-state index contributed by atoms with van der Waals surface area (Å²) in [4.78, 5) is 0. The van der Waals surface area contributed by atoms with E-state index in [0.717, 1.165) is 22.4 Å². The van der Waals surface area contributed by atoms with Crippen molar-refractivity contribution in [2.24, 2.45) is 0 Å². The number of aliphatic hydroxyl groups excluding tert-OH is 1. The Morgan fingerprint density at radius 1 is 1.24 bits per heavy atom. The number of hydrogen-bond acceptors (Lipinski definition) is 3. The molecule has 1 atom stereocenters. The first kappa shape index (κ1) is 14.0. The first-order chi connectivity index (χ1) is 7.92. The Balaban J connectivity index is 3.07. The molecule has 17 heavy (non-hydrogen) atoms. The van der Waals surface area contributed by atoms with E-state index in [1.807, 2.05) is 26.0 Å². The topological polar surface area (TPSA) is 49.7 Å². The van der Waals surface area contributed by atoms with E-state index in [9.17, 15) is 5.11 Å². The minimum Gasteiger partial charge on any atom is -0.496 e. The van der Waals surface area contributed by atoms with Gasteiger partial charge in [-0.2, -0.15) is 0 Å². The first-order valence-corrected chi connectivity index (χ1v) is 5.91. The maximum Gasteiger partial charge on any atom is 0.124 e. The van der Waals surface area contributed by atoms with Gasteiger partial charge in [0.15, 0.2) is 0 Å². The molecule has 96 valence electrons. The zero-order valence-corrected chi connectivity index (χ0v) is 11.1. The van der Waals surface area contributed by atoms with Gasteiger partial charge in [0.1, 0.15) is 5.75 Å². The predicted octanol–water partition coefficient (Wildman–Crippen LogP) is 2.29. The molecule has 0 amide bonds. The van der Waals surface area contributed by atoms with Crippen LogP contribution in [-0.2, 0) is 5.60 Å². The van der Waals surface area contributed by atoms with Crippen LogP contribution in [0.3, 0.4) is 0 Å². The third-order valence-electron chi connectivity index (χ3n) is 3.11. The summed E-state index contributed by atoms with van der Waals surface area (Å²) >= 11 is 0.